The first-order valence-corrected chi connectivity index (χ1v) is 7.68. The number of hydrogen-bond acceptors (Lipinski definition) is 5. The summed E-state index contributed by atoms with van der Waals surface area (Å²) >= 11 is 12.3. The molecule has 0 radical (unpaired) electrons. The van der Waals surface area contributed by atoms with Gasteiger partial charge in [0, 0.05) is 6.07 Å². The van der Waals surface area contributed by atoms with Crippen LogP contribution < -0.4 is 10.7 Å². The van der Waals surface area contributed by atoms with Crippen LogP contribution in [0.4, 0.5) is 11.4 Å². The van der Waals surface area contributed by atoms with E-state index >= 15 is 0 Å². The Morgan fingerprint density at radius 1 is 1.36 bits per heavy atom. The Hall–Kier alpha value is -2.03. The second kappa shape index (κ2) is 7.30. The van der Waals surface area contributed by atoms with Gasteiger partial charge in [-0.2, -0.15) is 5.10 Å². The Labute approximate surface area is 141 Å². The Morgan fingerprint density at radius 2 is 2.09 bits per heavy atom. The Morgan fingerprint density at radius 3 is 2.73 bits per heavy atom. The molecule has 2 aromatic rings. The summed E-state index contributed by atoms with van der Waals surface area (Å²) < 4.78 is 0.671. The van der Waals surface area contributed by atoms with Gasteiger partial charge in [-0.15, -0.1) is 11.3 Å². The second-order valence-corrected chi connectivity index (χ2v) is 6.26. The number of halogens is 1. The fourth-order valence-corrected chi connectivity index (χ4v) is 2.73. The molecule has 2 N–H and O–H groups in total. The third-order valence-electron chi connectivity index (χ3n) is 2.60. The number of anilines is 1. The van der Waals surface area contributed by atoms with Gasteiger partial charge < -0.3 is 5.32 Å². The van der Waals surface area contributed by atoms with Gasteiger partial charge in [0.2, 0.25) is 0 Å². The van der Waals surface area contributed by atoms with Gasteiger partial charge in [0.25, 0.3) is 5.69 Å². The van der Waals surface area contributed by atoms with Crippen LogP contribution in [0.2, 0.25) is 4.34 Å². The minimum Gasteiger partial charge on any atom is -0.326 e. The van der Waals surface area contributed by atoms with Crippen molar-refractivity contribution in [2.45, 2.75) is 6.92 Å². The zero-order valence-corrected chi connectivity index (χ0v) is 13.8. The van der Waals surface area contributed by atoms with Gasteiger partial charge in [0.1, 0.15) is 5.69 Å². The molecule has 0 spiro atoms. The number of para-hydroxylation sites is 2. The Kier molecular flexibility index (Phi) is 5.42. The lowest BCUT2D eigenvalue weighted by Gasteiger charge is -2.07. The molecule has 22 heavy (non-hydrogen) atoms. The SMILES string of the molecule is C/C(=N/NC(=S)Nc1ccccc1[N+](=O)[O-])c1ccc(Cl)s1. The third-order valence-corrected chi connectivity index (χ3v) is 4.14. The highest BCUT2D eigenvalue weighted by Crippen LogP contribution is 2.23. The predicted octanol–water partition coefficient (Wildman–Crippen LogP) is 4.02. The fourth-order valence-electron chi connectivity index (χ4n) is 1.59. The van der Waals surface area contributed by atoms with E-state index in [9.17, 15) is 10.1 Å². The molecule has 0 amide bonds. The molecule has 1 aromatic heterocycles. The lowest BCUT2D eigenvalue weighted by atomic mass is 10.3. The van der Waals surface area contributed by atoms with Crippen molar-refractivity contribution in [2.24, 2.45) is 5.10 Å². The maximum Gasteiger partial charge on any atom is 0.292 e. The van der Waals surface area contributed by atoms with E-state index < -0.39 is 4.92 Å². The summed E-state index contributed by atoms with van der Waals surface area (Å²) in [4.78, 5) is 11.3. The molecule has 0 fully saturated rings. The average Bonchev–Trinajstić information content (AvgIpc) is 2.92. The first kappa shape index (κ1) is 16.3. The molecule has 0 aliphatic carbocycles. The molecule has 0 saturated heterocycles. The summed E-state index contributed by atoms with van der Waals surface area (Å²) in [6.07, 6.45) is 0. The molecule has 2 rings (SSSR count). The lowest BCUT2D eigenvalue weighted by molar-refractivity contribution is -0.383. The summed E-state index contributed by atoms with van der Waals surface area (Å²) in [6.45, 7) is 1.81. The van der Waals surface area contributed by atoms with Crippen molar-refractivity contribution in [3.63, 3.8) is 0 Å². The summed E-state index contributed by atoms with van der Waals surface area (Å²) in [5.74, 6) is 0. The van der Waals surface area contributed by atoms with Crippen LogP contribution >= 0.6 is 35.2 Å². The summed E-state index contributed by atoms with van der Waals surface area (Å²) in [6, 6.07) is 9.87. The van der Waals surface area contributed by atoms with Crippen molar-refractivity contribution >= 4 is 57.4 Å². The van der Waals surface area contributed by atoms with Crippen molar-refractivity contribution in [3.8, 4) is 0 Å². The van der Waals surface area contributed by atoms with Crippen molar-refractivity contribution in [1.29, 1.82) is 0 Å². The van der Waals surface area contributed by atoms with Crippen LogP contribution in [0.3, 0.4) is 0 Å². The normalized spacial score (nSPS) is 11.1. The molecule has 114 valence electrons. The number of hydrogen-bond donors (Lipinski definition) is 2. The smallest absolute Gasteiger partial charge is 0.292 e. The van der Waals surface area contributed by atoms with E-state index in [1.165, 1.54) is 17.4 Å². The summed E-state index contributed by atoms with van der Waals surface area (Å²) in [5.41, 5.74) is 3.61. The van der Waals surface area contributed by atoms with E-state index in [2.05, 4.69) is 15.8 Å². The monoisotopic (exact) mass is 354 g/mol. The number of benzene rings is 1. The quantitative estimate of drug-likeness (QED) is 0.375. The number of rotatable bonds is 4. The van der Waals surface area contributed by atoms with Crippen molar-refractivity contribution in [3.05, 3.63) is 55.7 Å². The average molecular weight is 355 g/mol. The molecule has 0 unspecified atom stereocenters. The summed E-state index contributed by atoms with van der Waals surface area (Å²) in [7, 11) is 0. The van der Waals surface area contributed by atoms with Gasteiger partial charge in [0.05, 0.1) is 19.8 Å². The molecule has 0 bridgehead atoms. The summed E-state index contributed by atoms with van der Waals surface area (Å²) in [5, 5.41) is 18.0. The molecule has 1 heterocycles. The number of thiocarbonyl (C=S) groups is 1. The maximum atomic E-state index is 10.9. The number of hydrazone groups is 1. The van der Waals surface area contributed by atoms with E-state index in [0.717, 1.165) is 4.88 Å². The van der Waals surface area contributed by atoms with Crippen LogP contribution in [0.25, 0.3) is 0 Å². The van der Waals surface area contributed by atoms with Gasteiger partial charge in [-0.3, -0.25) is 15.5 Å². The van der Waals surface area contributed by atoms with Crippen molar-refractivity contribution < 1.29 is 4.92 Å². The van der Waals surface area contributed by atoms with Gasteiger partial charge in [-0.25, -0.2) is 0 Å². The highest BCUT2D eigenvalue weighted by Gasteiger charge is 2.13. The molecule has 1 aromatic carbocycles. The molecular weight excluding hydrogens is 344 g/mol. The minimum atomic E-state index is -0.479. The fraction of sp³-hybridized carbons (Fsp3) is 0.0769. The topological polar surface area (TPSA) is 79.6 Å². The highest BCUT2D eigenvalue weighted by molar-refractivity contribution is 7.80. The zero-order valence-electron chi connectivity index (χ0n) is 11.4. The van der Waals surface area contributed by atoms with Crippen LogP contribution in [-0.2, 0) is 0 Å². The first-order valence-electron chi connectivity index (χ1n) is 6.08. The van der Waals surface area contributed by atoms with Gasteiger partial charge in [-0.05, 0) is 37.3 Å². The largest absolute Gasteiger partial charge is 0.326 e. The minimum absolute atomic E-state index is 0.0580. The third kappa shape index (κ3) is 4.23. The van der Waals surface area contributed by atoms with Crippen LogP contribution in [0.1, 0.15) is 11.8 Å². The molecule has 6 nitrogen and oxygen atoms in total. The number of thiophene rings is 1. The van der Waals surface area contributed by atoms with Crippen molar-refractivity contribution in [2.75, 3.05) is 5.32 Å². The van der Waals surface area contributed by atoms with E-state index in [1.54, 1.807) is 24.3 Å². The van der Waals surface area contributed by atoms with E-state index in [0.29, 0.717) is 15.7 Å². The number of nitrogens with one attached hydrogen (secondary N) is 2. The first-order chi connectivity index (χ1) is 10.5. The Bertz CT molecular complexity index is 745. The maximum absolute atomic E-state index is 10.9. The van der Waals surface area contributed by atoms with Gasteiger partial charge in [-0.1, -0.05) is 23.7 Å². The Balaban J connectivity index is 2.03. The standard InChI is InChI=1S/C13H11ClN4O2S2/c1-8(11-6-7-12(14)22-11)16-17-13(21)15-9-4-2-3-5-10(9)18(19)20/h2-7H,1H3,(H2,15,17,21)/b16-8-. The number of nitro groups is 1. The van der Waals surface area contributed by atoms with E-state index in [-0.39, 0.29) is 10.8 Å². The van der Waals surface area contributed by atoms with Crippen LogP contribution in [0, 0.1) is 10.1 Å². The van der Waals surface area contributed by atoms with Crippen molar-refractivity contribution in [1.82, 2.24) is 5.43 Å². The van der Waals surface area contributed by atoms with Crippen LogP contribution in [0.15, 0.2) is 41.5 Å². The van der Waals surface area contributed by atoms with Crippen LogP contribution in [-0.4, -0.2) is 15.7 Å². The zero-order chi connectivity index (χ0) is 16.1. The highest BCUT2D eigenvalue weighted by atomic mass is 35.5. The molecule has 0 atom stereocenters. The molecule has 9 heteroatoms. The molecule has 0 aliphatic heterocycles. The van der Waals surface area contributed by atoms with Gasteiger partial charge in [0.15, 0.2) is 5.11 Å². The van der Waals surface area contributed by atoms with E-state index in [4.69, 9.17) is 23.8 Å². The lowest BCUT2D eigenvalue weighted by Crippen LogP contribution is -2.25. The van der Waals surface area contributed by atoms with Crippen LogP contribution in [0.5, 0.6) is 0 Å². The van der Waals surface area contributed by atoms with Gasteiger partial charge >= 0.3 is 0 Å². The molecule has 0 aliphatic rings. The number of nitrogens with zero attached hydrogens (tertiary/aromatic N) is 2. The predicted molar refractivity (Wildman–Crippen MR) is 94.0 cm³/mol. The number of nitro benzene ring substituents is 1. The second-order valence-electron chi connectivity index (χ2n) is 4.14. The van der Waals surface area contributed by atoms with E-state index in [1.807, 2.05) is 13.0 Å². The molecular formula is C13H11ClN4O2S2. The molecule has 0 saturated carbocycles.